The Morgan fingerprint density at radius 3 is 2.30 bits per heavy atom. The fourth-order valence-corrected chi connectivity index (χ4v) is 3.91. The Morgan fingerprint density at radius 2 is 1.67 bits per heavy atom. The smallest absolute Gasteiger partial charge is 0.249 e. The van der Waals surface area contributed by atoms with Gasteiger partial charge in [-0.15, -0.1) is 0 Å². The van der Waals surface area contributed by atoms with E-state index >= 15 is 0 Å². The van der Waals surface area contributed by atoms with Gasteiger partial charge < -0.3 is 5.73 Å². The first-order chi connectivity index (χ1) is 12.9. The van der Waals surface area contributed by atoms with Crippen LogP contribution in [0.1, 0.15) is 48.0 Å². The zero-order valence-electron chi connectivity index (χ0n) is 15.2. The maximum absolute atomic E-state index is 12.8. The second-order valence-corrected chi connectivity index (χ2v) is 8.02. The minimum Gasteiger partial charge on any atom is -0.366 e. The molecule has 2 aromatic rings. The molecule has 0 heterocycles. The number of hydrogen-bond acceptors (Lipinski definition) is 4. The second-order valence-electron chi connectivity index (χ2n) is 6.25. The molecule has 0 fully saturated rings. The third-order valence-electron chi connectivity index (χ3n) is 4.33. The van der Waals surface area contributed by atoms with E-state index in [4.69, 9.17) is 5.73 Å². The molecule has 0 radical (unpaired) electrons. The fraction of sp³-hybridized carbons (Fsp3) is 0.300. The lowest BCUT2D eigenvalue weighted by atomic mass is 9.86. The third kappa shape index (κ3) is 5.48. The van der Waals surface area contributed by atoms with Gasteiger partial charge in [-0.1, -0.05) is 56.2 Å². The van der Waals surface area contributed by atoms with Crippen LogP contribution in [0.3, 0.4) is 0 Å². The molecular formula is C20H24N2O4S. The summed E-state index contributed by atoms with van der Waals surface area (Å²) in [6.45, 7) is 1.65. The summed E-state index contributed by atoms with van der Waals surface area (Å²) in [4.78, 5) is 24.6. The van der Waals surface area contributed by atoms with Gasteiger partial charge in [0.2, 0.25) is 15.9 Å². The van der Waals surface area contributed by atoms with Gasteiger partial charge in [-0.25, -0.2) is 13.1 Å². The van der Waals surface area contributed by atoms with Gasteiger partial charge in [0.1, 0.15) is 0 Å². The van der Waals surface area contributed by atoms with Gasteiger partial charge in [0, 0.05) is 11.5 Å². The maximum atomic E-state index is 12.8. The Morgan fingerprint density at radius 1 is 1.04 bits per heavy atom. The number of sulfonamides is 1. The molecule has 0 aliphatic heterocycles. The number of carbonyl (C=O) groups excluding carboxylic acids is 2. The number of hydrogen-bond donors (Lipinski definition) is 2. The molecule has 0 saturated heterocycles. The van der Waals surface area contributed by atoms with Crippen molar-refractivity contribution < 1.29 is 18.0 Å². The number of carbonyl (C=O) groups is 2. The highest BCUT2D eigenvalue weighted by molar-refractivity contribution is 7.89. The van der Waals surface area contributed by atoms with Crippen molar-refractivity contribution in [3.63, 3.8) is 0 Å². The predicted octanol–water partition coefficient (Wildman–Crippen LogP) is 2.61. The summed E-state index contributed by atoms with van der Waals surface area (Å²) in [7, 11) is -3.78. The van der Waals surface area contributed by atoms with Crippen LogP contribution in [0, 0.1) is 0 Å². The van der Waals surface area contributed by atoms with Crippen molar-refractivity contribution >= 4 is 21.7 Å². The van der Waals surface area contributed by atoms with E-state index in [9.17, 15) is 18.0 Å². The highest BCUT2D eigenvalue weighted by atomic mass is 32.2. The zero-order valence-corrected chi connectivity index (χ0v) is 16.0. The van der Waals surface area contributed by atoms with Gasteiger partial charge in [-0.2, -0.15) is 0 Å². The van der Waals surface area contributed by atoms with E-state index < -0.39 is 21.8 Å². The van der Waals surface area contributed by atoms with E-state index in [2.05, 4.69) is 4.72 Å². The van der Waals surface area contributed by atoms with Crippen LogP contribution in [0.25, 0.3) is 0 Å². The van der Waals surface area contributed by atoms with E-state index in [0.717, 1.165) is 12.8 Å². The van der Waals surface area contributed by atoms with Gasteiger partial charge in [-0.3, -0.25) is 9.59 Å². The highest BCUT2D eigenvalue weighted by Gasteiger charge is 2.25. The topological polar surface area (TPSA) is 106 Å². The molecule has 7 heteroatoms. The molecule has 144 valence electrons. The van der Waals surface area contributed by atoms with Crippen LogP contribution < -0.4 is 10.5 Å². The molecule has 0 aromatic heterocycles. The SMILES string of the molecule is CCCCC(C(=O)CNS(=O)(=O)c1ccccc1)c1ccccc1C(N)=O. The number of Topliss-reactive ketones (excluding diaryl/α,β-unsaturated/α-hetero) is 1. The van der Waals surface area contributed by atoms with E-state index in [1.165, 1.54) is 12.1 Å². The van der Waals surface area contributed by atoms with Crippen LogP contribution in [0.4, 0.5) is 0 Å². The van der Waals surface area contributed by atoms with Gasteiger partial charge in [0.05, 0.1) is 11.4 Å². The molecule has 3 N–H and O–H groups in total. The third-order valence-corrected chi connectivity index (χ3v) is 5.74. The van der Waals surface area contributed by atoms with Crippen LogP contribution in [0.5, 0.6) is 0 Å². The minimum absolute atomic E-state index is 0.0976. The summed E-state index contributed by atoms with van der Waals surface area (Å²) in [6.07, 6.45) is 2.17. The number of ketones is 1. The number of unbranched alkanes of at least 4 members (excludes halogenated alkanes) is 1. The molecule has 2 rings (SSSR count). The number of rotatable bonds is 10. The molecule has 0 spiro atoms. The van der Waals surface area contributed by atoms with Gasteiger partial charge in [0.25, 0.3) is 0 Å². The summed E-state index contributed by atoms with van der Waals surface area (Å²) in [5, 5.41) is 0. The maximum Gasteiger partial charge on any atom is 0.249 e. The van der Waals surface area contributed by atoms with Crippen LogP contribution in [-0.4, -0.2) is 26.7 Å². The number of benzene rings is 2. The number of nitrogens with two attached hydrogens (primary N) is 1. The molecule has 1 amide bonds. The highest BCUT2D eigenvalue weighted by Crippen LogP contribution is 2.26. The Labute approximate surface area is 159 Å². The summed E-state index contributed by atoms with van der Waals surface area (Å²) in [5.74, 6) is -1.49. The van der Waals surface area contributed by atoms with E-state index in [1.54, 1.807) is 42.5 Å². The predicted molar refractivity (Wildman–Crippen MR) is 104 cm³/mol. The van der Waals surface area contributed by atoms with Crippen molar-refractivity contribution in [3.8, 4) is 0 Å². The van der Waals surface area contributed by atoms with Gasteiger partial charge in [0.15, 0.2) is 5.78 Å². The van der Waals surface area contributed by atoms with Crippen molar-refractivity contribution in [2.45, 2.75) is 37.0 Å². The average Bonchev–Trinajstić information content (AvgIpc) is 2.67. The molecule has 6 nitrogen and oxygen atoms in total. The molecule has 27 heavy (non-hydrogen) atoms. The molecule has 1 unspecified atom stereocenters. The Hall–Kier alpha value is -2.51. The summed E-state index contributed by atoms with van der Waals surface area (Å²) >= 11 is 0. The standard InChI is InChI=1S/C20H24N2O4S/c1-2-3-11-17(16-12-7-8-13-18(16)20(21)24)19(23)14-22-27(25,26)15-9-5-4-6-10-15/h4-10,12-13,17,22H,2-3,11,14H2,1H3,(H2,21,24). The normalized spacial score (nSPS) is 12.5. The molecular weight excluding hydrogens is 364 g/mol. The van der Waals surface area contributed by atoms with Crippen LogP contribution in [0.15, 0.2) is 59.5 Å². The Bertz CT molecular complexity index is 895. The first-order valence-electron chi connectivity index (χ1n) is 8.83. The quantitative estimate of drug-likeness (QED) is 0.652. The molecule has 0 aliphatic carbocycles. The number of primary amides is 1. The van der Waals surface area contributed by atoms with Crippen molar-refractivity contribution in [2.75, 3.05) is 6.54 Å². The monoisotopic (exact) mass is 388 g/mol. The molecule has 0 bridgehead atoms. The molecule has 0 aliphatic rings. The molecule has 2 aromatic carbocycles. The van der Waals surface area contributed by atoms with Gasteiger partial charge in [-0.05, 0) is 30.2 Å². The van der Waals surface area contributed by atoms with Crippen LogP contribution in [0.2, 0.25) is 0 Å². The number of nitrogens with one attached hydrogen (secondary N) is 1. The van der Waals surface area contributed by atoms with Crippen molar-refractivity contribution in [1.29, 1.82) is 0 Å². The first kappa shape index (κ1) is 20.8. The van der Waals surface area contributed by atoms with Crippen molar-refractivity contribution in [1.82, 2.24) is 4.72 Å². The molecule has 1 atom stereocenters. The lowest BCUT2D eigenvalue weighted by Crippen LogP contribution is -2.33. The number of amides is 1. The lowest BCUT2D eigenvalue weighted by molar-refractivity contribution is -0.119. The van der Waals surface area contributed by atoms with Crippen molar-refractivity contribution in [3.05, 3.63) is 65.7 Å². The van der Waals surface area contributed by atoms with Crippen LogP contribution >= 0.6 is 0 Å². The van der Waals surface area contributed by atoms with E-state index in [1.807, 2.05) is 6.92 Å². The largest absolute Gasteiger partial charge is 0.366 e. The van der Waals surface area contributed by atoms with E-state index in [0.29, 0.717) is 12.0 Å². The lowest BCUT2D eigenvalue weighted by Gasteiger charge is -2.19. The van der Waals surface area contributed by atoms with Gasteiger partial charge >= 0.3 is 0 Å². The zero-order chi connectivity index (χ0) is 19.9. The Balaban J connectivity index is 2.22. The fourth-order valence-electron chi connectivity index (χ4n) is 2.90. The summed E-state index contributed by atoms with van der Waals surface area (Å²) in [5.41, 5.74) is 6.27. The Kier molecular flexibility index (Phi) is 7.27. The van der Waals surface area contributed by atoms with Crippen molar-refractivity contribution in [2.24, 2.45) is 5.73 Å². The van der Waals surface area contributed by atoms with E-state index in [-0.39, 0.29) is 22.8 Å². The summed E-state index contributed by atoms with van der Waals surface area (Å²) < 4.78 is 27.1. The molecule has 0 saturated carbocycles. The second kappa shape index (κ2) is 9.43. The van der Waals surface area contributed by atoms with Crippen LogP contribution in [-0.2, 0) is 14.8 Å². The average molecular weight is 388 g/mol. The first-order valence-corrected chi connectivity index (χ1v) is 10.3. The minimum atomic E-state index is -3.78. The summed E-state index contributed by atoms with van der Waals surface area (Å²) in [6, 6.07) is 14.6.